The summed E-state index contributed by atoms with van der Waals surface area (Å²) in [6.45, 7) is 1.86. The van der Waals surface area contributed by atoms with Crippen LogP contribution in [0.25, 0.3) is 16.9 Å². The molecule has 0 fully saturated rings. The fourth-order valence-electron chi connectivity index (χ4n) is 3.12. The molecule has 2 aromatic heterocycles. The van der Waals surface area contributed by atoms with Gasteiger partial charge in [-0.3, -0.25) is 10.1 Å². The lowest BCUT2D eigenvalue weighted by Crippen LogP contribution is -2.12. The quantitative estimate of drug-likeness (QED) is 0.381. The zero-order valence-electron chi connectivity index (χ0n) is 17.4. The summed E-state index contributed by atoms with van der Waals surface area (Å²) in [6, 6.07) is 19.2. The Hall–Kier alpha value is -3.61. The van der Waals surface area contributed by atoms with Gasteiger partial charge < -0.3 is 4.74 Å². The van der Waals surface area contributed by atoms with Gasteiger partial charge in [0.2, 0.25) is 0 Å². The summed E-state index contributed by atoms with van der Waals surface area (Å²) in [6.07, 6.45) is 1.71. The smallest absolute Gasteiger partial charge is 0.261 e. The molecule has 0 saturated heterocycles. The second-order valence-corrected chi connectivity index (χ2v) is 8.91. The SMILES string of the molecule is COc1ccccc1-c1nn(-c2ccccc2)cc1C(=O)Nc1nc(C)c(SCC#N)s1. The maximum atomic E-state index is 13.3. The molecule has 4 rings (SSSR count). The van der Waals surface area contributed by atoms with E-state index in [9.17, 15) is 4.79 Å². The highest BCUT2D eigenvalue weighted by molar-refractivity contribution is 8.01. The third kappa shape index (κ3) is 4.51. The summed E-state index contributed by atoms with van der Waals surface area (Å²) in [5, 5.41) is 16.9. The Labute approximate surface area is 193 Å². The van der Waals surface area contributed by atoms with Gasteiger partial charge >= 0.3 is 0 Å². The Morgan fingerprint density at radius 3 is 2.72 bits per heavy atom. The van der Waals surface area contributed by atoms with Gasteiger partial charge in [0.1, 0.15) is 11.4 Å². The van der Waals surface area contributed by atoms with Crippen LogP contribution in [0.2, 0.25) is 0 Å². The Bertz CT molecular complexity index is 1290. The maximum absolute atomic E-state index is 13.3. The largest absolute Gasteiger partial charge is 0.496 e. The van der Waals surface area contributed by atoms with Gasteiger partial charge in [0, 0.05) is 11.8 Å². The number of carbonyl (C=O) groups is 1. The summed E-state index contributed by atoms with van der Waals surface area (Å²) in [7, 11) is 1.59. The van der Waals surface area contributed by atoms with Gasteiger partial charge in [-0.25, -0.2) is 9.67 Å². The molecule has 0 aliphatic rings. The number of thioether (sulfide) groups is 1. The number of hydrogen-bond donors (Lipinski definition) is 1. The fourth-order valence-corrected chi connectivity index (χ4v) is 4.92. The first-order valence-electron chi connectivity index (χ1n) is 9.67. The molecule has 1 N–H and O–H groups in total. The van der Waals surface area contributed by atoms with Crippen molar-refractivity contribution in [3.8, 4) is 28.8 Å². The lowest BCUT2D eigenvalue weighted by molar-refractivity contribution is 0.102. The van der Waals surface area contributed by atoms with Crippen LogP contribution in [0, 0.1) is 18.3 Å². The summed E-state index contributed by atoms with van der Waals surface area (Å²) >= 11 is 2.76. The fraction of sp³-hybridized carbons (Fsp3) is 0.130. The highest BCUT2D eigenvalue weighted by Gasteiger charge is 2.22. The van der Waals surface area contributed by atoms with Crippen LogP contribution in [-0.4, -0.2) is 33.5 Å². The van der Waals surface area contributed by atoms with E-state index in [0.29, 0.717) is 27.9 Å². The average molecular weight is 462 g/mol. The molecular weight excluding hydrogens is 442 g/mol. The van der Waals surface area contributed by atoms with Crippen LogP contribution in [0.4, 0.5) is 5.13 Å². The second kappa shape index (κ2) is 9.68. The minimum Gasteiger partial charge on any atom is -0.496 e. The average Bonchev–Trinajstić information content (AvgIpc) is 3.42. The van der Waals surface area contributed by atoms with Crippen molar-refractivity contribution in [3.05, 3.63) is 72.1 Å². The normalized spacial score (nSPS) is 10.5. The van der Waals surface area contributed by atoms with Crippen LogP contribution in [-0.2, 0) is 0 Å². The summed E-state index contributed by atoms with van der Waals surface area (Å²) < 4.78 is 8.09. The number of anilines is 1. The van der Waals surface area contributed by atoms with Crippen LogP contribution in [0.15, 0.2) is 65.0 Å². The standard InChI is InChI=1S/C23H19N5O2S2/c1-15-22(31-13-12-24)32-23(25-15)26-21(29)18-14-28(16-8-4-3-5-9-16)27-20(18)17-10-6-7-11-19(17)30-2/h3-11,14H,13H2,1-2H3,(H,25,26,29). The number of rotatable bonds is 7. The molecular formula is C23H19N5O2S2. The van der Waals surface area contributed by atoms with Crippen LogP contribution in [0.5, 0.6) is 5.75 Å². The number of methoxy groups -OCH3 is 1. The molecule has 2 aromatic carbocycles. The van der Waals surface area contributed by atoms with Crippen LogP contribution in [0.1, 0.15) is 16.1 Å². The summed E-state index contributed by atoms with van der Waals surface area (Å²) in [4.78, 5) is 17.7. The molecule has 0 saturated carbocycles. The highest BCUT2D eigenvalue weighted by atomic mass is 32.2. The van der Waals surface area contributed by atoms with E-state index < -0.39 is 0 Å². The molecule has 0 unspecified atom stereocenters. The number of hydrogen-bond acceptors (Lipinski definition) is 7. The predicted octanol–water partition coefficient (Wildman–Crippen LogP) is 5.18. The predicted molar refractivity (Wildman–Crippen MR) is 127 cm³/mol. The number of ether oxygens (including phenoxy) is 1. The lowest BCUT2D eigenvalue weighted by Gasteiger charge is -2.07. The number of thiazole rings is 1. The molecule has 0 bridgehead atoms. The minimum absolute atomic E-state index is 0.321. The lowest BCUT2D eigenvalue weighted by atomic mass is 10.1. The monoisotopic (exact) mass is 461 g/mol. The van der Waals surface area contributed by atoms with Gasteiger partial charge in [0.05, 0.1) is 40.1 Å². The zero-order valence-corrected chi connectivity index (χ0v) is 19.0. The zero-order chi connectivity index (χ0) is 22.5. The van der Waals surface area contributed by atoms with E-state index in [2.05, 4.69) is 16.4 Å². The van der Waals surface area contributed by atoms with Crippen molar-refractivity contribution in [1.82, 2.24) is 14.8 Å². The van der Waals surface area contributed by atoms with Gasteiger partial charge in [-0.2, -0.15) is 10.4 Å². The first-order valence-corrected chi connectivity index (χ1v) is 11.5. The van der Waals surface area contributed by atoms with Crippen LogP contribution in [0.3, 0.4) is 0 Å². The number of aryl methyl sites for hydroxylation is 1. The number of amides is 1. The summed E-state index contributed by atoms with van der Waals surface area (Å²) in [5.74, 6) is 0.636. The van der Waals surface area contributed by atoms with Gasteiger partial charge in [0.15, 0.2) is 5.13 Å². The van der Waals surface area contributed by atoms with E-state index in [0.717, 1.165) is 21.2 Å². The maximum Gasteiger partial charge on any atom is 0.261 e. The van der Waals surface area contributed by atoms with Crippen molar-refractivity contribution in [2.24, 2.45) is 0 Å². The molecule has 32 heavy (non-hydrogen) atoms. The van der Waals surface area contributed by atoms with Crippen LogP contribution < -0.4 is 10.1 Å². The first kappa shape index (κ1) is 21.6. The van der Waals surface area contributed by atoms with Crippen molar-refractivity contribution >= 4 is 34.1 Å². The van der Waals surface area contributed by atoms with Crippen molar-refractivity contribution in [3.63, 3.8) is 0 Å². The Kier molecular flexibility index (Phi) is 6.54. The van der Waals surface area contributed by atoms with E-state index in [-0.39, 0.29) is 5.91 Å². The van der Waals surface area contributed by atoms with Gasteiger partial charge in [-0.15, -0.1) is 0 Å². The molecule has 7 nitrogen and oxygen atoms in total. The summed E-state index contributed by atoms with van der Waals surface area (Å²) in [5.41, 5.74) is 3.25. The first-order chi connectivity index (χ1) is 15.6. The molecule has 0 spiro atoms. The van der Waals surface area contributed by atoms with Crippen molar-refractivity contribution in [2.45, 2.75) is 11.1 Å². The highest BCUT2D eigenvalue weighted by Crippen LogP contribution is 2.34. The van der Waals surface area contributed by atoms with Gasteiger partial charge in [0.25, 0.3) is 5.91 Å². The third-order valence-corrected chi connectivity index (χ3v) is 6.89. The number of benzene rings is 2. The second-order valence-electron chi connectivity index (χ2n) is 6.66. The molecule has 0 atom stereocenters. The Morgan fingerprint density at radius 1 is 1.22 bits per heavy atom. The van der Waals surface area contributed by atoms with Gasteiger partial charge in [-0.05, 0) is 31.2 Å². The third-order valence-electron chi connectivity index (χ3n) is 4.58. The Balaban J connectivity index is 1.73. The van der Waals surface area contributed by atoms with Crippen molar-refractivity contribution in [2.75, 3.05) is 18.2 Å². The van der Waals surface area contributed by atoms with Gasteiger partial charge in [-0.1, -0.05) is 53.4 Å². The number of para-hydroxylation sites is 2. The van der Waals surface area contributed by atoms with Crippen molar-refractivity contribution in [1.29, 1.82) is 5.26 Å². The molecule has 160 valence electrons. The molecule has 2 heterocycles. The Morgan fingerprint density at radius 2 is 1.97 bits per heavy atom. The minimum atomic E-state index is -0.321. The topological polar surface area (TPSA) is 92.8 Å². The van der Waals surface area contributed by atoms with E-state index >= 15 is 0 Å². The number of carbonyl (C=O) groups excluding carboxylic acids is 1. The van der Waals surface area contributed by atoms with E-state index in [1.807, 2.05) is 61.5 Å². The molecule has 9 heteroatoms. The van der Waals surface area contributed by atoms with Crippen LogP contribution >= 0.6 is 23.1 Å². The number of nitrogens with zero attached hydrogens (tertiary/aromatic N) is 4. The molecule has 4 aromatic rings. The molecule has 0 radical (unpaired) electrons. The number of aromatic nitrogens is 3. The number of nitrogens with one attached hydrogen (secondary N) is 1. The van der Waals surface area contributed by atoms with E-state index in [1.165, 1.54) is 23.1 Å². The van der Waals surface area contributed by atoms with Crippen molar-refractivity contribution < 1.29 is 9.53 Å². The molecule has 0 aliphatic heterocycles. The molecule has 1 amide bonds. The number of nitriles is 1. The van der Waals surface area contributed by atoms with E-state index in [4.69, 9.17) is 15.1 Å². The van der Waals surface area contributed by atoms with E-state index in [1.54, 1.807) is 18.0 Å². The molecule has 0 aliphatic carbocycles.